The Bertz CT molecular complexity index is 511. The zero-order chi connectivity index (χ0) is 13.7. The second-order valence-corrected chi connectivity index (χ2v) is 5.68. The monoisotopic (exact) mass is 388 g/mol. The van der Waals surface area contributed by atoms with E-state index in [0.717, 1.165) is 21.5 Å². The van der Waals surface area contributed by atoms with Crippen LogP contribution in [0.15, 0.2) is 45.5 Å². The van der Waals surface area contributed by atoms with Crippen LogP contribution in [-0.4, -0.2) is 20.3 Å². The lowest BCUT2D eigenvalue weighted by atomic mass is 10.1. The molecule has 2 rings (SSSR count). The highest BCUT2D eigenvalue weighted by Gasteiger charge is 2.14. The lowest BCUT2D eigenvalue weighted by Gasteiger charge is -2.11. The van der Waals surface area contributed by atoms with Gasteiger partial charge in [0, 0.05) is 7.11 Å². The Labute approximate surface area is 129 Å². The Morgan fingerprint density at radius 2 is 2.11 bits per heavy atom. The molecule has 0 amide bonds. The Balaban J connectivity index is 2.10. The van der Waals surface area contributed by atoms with Crippen molar-refractivity contribution in [3.8, 4) is 5.75 Å². The number of hydrogen-bond acceptors (Lipinski definition) is 3. The molecule has 3 nitrogen and oxygen atoms in total. The zero-order valence-corrected chi connectivity index (χ0v) is 13.6. The van der Waals surface area contributed by atoms with E-state index in [0.29, 0.717) is 13.2 Å². The summed E-state index contributed by atoms with van der Waals surface area (Å²) in [5.41, 5.74) is 1.10. The number of hydrogen-bond donors (Lipinski definition) is 0. The minimum absolute atomic E-state index is 0.0341. The van der Waals surface area contributed by atoms with Gasteiger partial charge in [0.25, 0.3) is 0 Å². The molecule has 19 heavy (non-hydrogen) atoms. The maximum absolute atomic E-state index is 5.59. The highest BCUT2D eigenvalue weighted by molar-refractivity contribution is 9.10. The molecule has 0 bridgehead atoms. The van der Waals surface area contributed by atoms with Crippen LogP contribution >= 0.6 is 31.9 Å². The third kappa shape index (κ3) is 3.84. The summed E-state index contributed by atoms with van der Waals surface area (Å²) in [4.78, 5) is 0.0341. The molecule has 0 saturated heterocycles. The molecule has 0 N–H and O–H groups in total. The summed E-state index contributed by atoms with van der Waals surface area (Å²) in [7, 11) is 1.65. The molecule has 0 radical (unpaired) electrons. The topological polar surface area (TPSA) is 31.6 Å². The summed E-state index contributed by atoms with van der Waals surface area (Å²) in [6.07, 6.45) is 1.67. The molecule has 0 aliphatic carbocycles. The van der Waals surface area contributed by atoms with E-state index in [1.54, 1.807) is 13.4 Å². The van der Waals surface area contributed by atoms with Gasteiger partial charge in [0.15, 0.2) is 0 Å². The molecule has 1 atom stereocenters. The maximum Gasteiger partial charge on any atom is 0.133 e. The Hall–Kier alpha value is -0.780. The van der Waals surface area contributed by atoms with Gasteiger partial charge >= 0.3 is 0 Å². The van der Waals surface area contributed by atoms with E-state index < -0.39 is 0 Å². The van der Waals surface area contributed by atoms with Crippen molar-refractivity contribution in [1.82, 2.24) is 0 Å². The third-order valence-corrected chi connectivity index (χ3v) is 4.19. The number of methoxy groups -OCH3 is 1. The van der Waals surface area contributed by atoms with Crippen LogP contribution in [0.4, 0.5) is 0 Å². The first kappa shape index (κ1) is 14.6. The lowest BCUT2D eigenvalue weighted by molar-refractivity contribution is 0.146. The Morgan fingerprint density at radius 3 is 2.74 bits per heavy atom. The molecule has 2 aromatic rings. The lowest BCUT2D eigenvalue weighted by Crippen LogP contribution is -2.04. The SMILES string of the molecule is COCCOc1ccc(C(Br)c2ccco2)cc1Br. The summed E-state index contributed by atoms with van der Waals surface area (Å²) >= 11 is 7.13. The minimum Gasteiger partial charge on any atom is -0.490 e. The molecule has 0 saturated carbocycles. The largest absolute Gasteiger partial charge is 0.490 e. The molecule has 1 aromatic carbocycles. The number of furan rings is 1. The Morgan fingerprint density at radius 1 is 1.26 bits per heavy atom. The number of benzene rings is 1. The highest BCUT2D eigenvalue weighted by atomic mass is 79.9. The first-order valence-electron chi connectivity index (χ1n) is 5.81. The zero-order valence-electron chi connectivity index (χ0n) is 10.4. The molecule has 1 unspecified atom stereocenters. The van der Waals surface area contributed by atoms with E-state index in [9.17, 15) is 0 Å². The molecule has 0 aliphatic heterocycles. The summed E-state index contributed by atoms with van der Waals surface area (Å²) in [5.74, 6) is 1.68. The van der Waals surface area contributed by atoms with Crippen molar-refractivity contribution in [2.45, 2.75) is 4.83 Å². The smallest absolute Gasteiger partial charge is 0.133 e. The normalized spacial score (nSPS) is 12.4. The van der Waals surface area contributed by atoms with Gasteiger partial charge in [-0.3, -0.25) is 0 Å². The number of halogens is 2. The van der Waals surface area contributed by atoms with Crippen molar-refractivity contribution >= 4 is 31.9 Å². The molecule has 0 aliphatic rings. The van der Waals surface area contributed by atoms with E-state index in [2.05, 4.69) is 31.9 Å². The fourth-order valence-corrected chi connectivity index (χ4v) is 2.68. The third-order valence-electron chi connectivity index (χ3n) is 2.59. The summed E-state index contributed by atoms with van der Waals surface area (Å²) in [6, 6.07) is 9.78. The van der Waals surface area contributed by atoms with E-state index >= 15 is 0 Å². The average Bonchev–Trinajstić information content (AvgIpc) is 2.94. The molecule has 102 valence electrons. The van der Waals surface area contributed by atoms with Crippen molar-refractivity contribution in [1.29, 1.82) is 0 Å². The maximum atomic E-state index is 5.59. The molecular formula is C14H14Br2O3. The van der Waals surface area contributed by atoms with Gasteiger partial charge in [0.2, 0.25) is 0 Å². The summed E-state index contributed by atoms with van der Waals surface area (Å²) in [6.45, 7) is 1.10. The van der Waals surface area contributed by atoms with Crippen molar-refractivity contribution in [2.75, 3.05) is 20.3 Å². The fourth-order valence-electron chi connectivity index (χ4n) is 1.63. The van der Waals surface area contributed by atoms with Gasteiger partial charge in [-0.05, 0) is 45.8 Å². The van der Waals surface area contributed by atoms with Crippen LogP contribution in [-0.2, 0) is 4.74 Å². The van der Waals surface area contributed by atoms with E-state index in [1.165, 1.54) is 0 Å². The molecule has 1 aromatic heterocycles. The first-order chi connectivity index (χ1) is 9.22. The summed E-state index contributed by atoms with van der Waals surface area (Å²) in [5, 5.41) is 0. The second-order valence-electron chi connectivity index (χ2n) is 3.91. The molecule has 0 spiro atoms. The van der Waals surface area contributed by atoms with Gasteiger partial charge in [-0.25, -0.2) is 0 Å². The van der Waals surface area contributed by atoms with Gasteiger partial charge in [-0.1, -0.05) is 22.0 Å². The molecule has 5 heteroatoms. The van der Waals surface area contributed by atoms with Crippen molar-refractivity contribution < 1.29 is 13.9 Å². The standard InChI is InChI=1S/C14H14Br2O3/c1-17-7-8-19-12-5-4-10(9-11(12)15)14(16)13-3-2-6-18-13/h2-6,9,14H,7-8H2,1H3. The first-order valence-corrected chi connectivity index (χ1v) is 7.52. The quantitative estimate of drug-likeness (QED) is 0.536. The van der Waals surface area contributed by atoms with Gasteiger partial charge in [-0.2, -0.15) is 0 Å². The molecule has 0 fully saturated rings. The van der Waals surface area contributed by atoms with Crippen LogP contribution in [0.25, 0.3) is 0 Å². The number of alkyl halides is 1. The van der Waals surface area contributed by atoms with E-state index in [1.807, 2.05) is 30.3 Å². The fraction of sp³-hybridized carbons (Fsp3) is 0.286. The van der Waals surface area contributed by atoms with Crippen LogP contribution < -0.4 is 4.74 Å². The van der Waals surface area contributed by atoms with Crippen molar-refractivity contribution in [3.63, 3.8) is 0 Å². The van der Waals surface area contributed by atoms with Gasteiger partial charge in [0.05, 0.1) is 22.2 Å². The van der Waals surface area contributed by atoms with Gasteiger partial charge < -0.3 is 13.9 Å². The highest BCUT2D eigenvalue weighted by Crippen LogP contribution is 2.35. The van der Waals surface area contributed by atoms with Crippen LogP contribution in [0, 0.1) is 0 Å². The second kappa shape index (κ2) is 7.12. The van der Waals surface area contributed by atoms with Crippen molar-refractivity contribution in [3.05, 3.63) is 52.4 Å². The van der Waals surface area contributed by atoms with Crippen LogP contribution in [0.2, 0.25) is 0 Å². The van der Waals surface area contributed by atoms with Crippen LogP contribution in [0.3, 0.4) is 0 Å². The van der Waals surface area contributed by atoms with E-state index in [-0.39, 0.29) is 4.83 Å². The van der Waals surface area contributed by atoms with Gasteiger partial charge in [0.1, 0.15) is 18.1 Å². The van der Waals surface area contributed by atoms with Crippen LogP contribution in [0.1, 0.15) is 16.2 Å². The van der Waals surface area contributed by atoms with E-state index in [4.69, 9.17) is 13.9 Å². The van der Waals surface area contributed by atoms with Crippen molar-refractivity contribution in [2.24, 2.45) is 0 Å². The number of rotatable bonds is 6. The predicted octanol–water partition coefficient (Wildman–Crippen LogP) is 4.55. The molecule has 1 heterocycles. The predicted molar refractivity (Wildman–Crippen MR) is 81.0 cm³/mol. The number of ether oxygens (including phenoxy) is 2. The summed E-state index contributed by atoms with van der Waals surface area (Å²) < 4.78 is 16.8. The Kier molecular flexibility index (Phi) is 5.48. The molecular weight excluding hydrogens is 376 g/mol. The minimum atomic E-state index is 0.0341. The van der Waals surface area contributed by atoms with Gasteiger partial charge in [-0.15, -0.1) is 0 Å². The van der Waals surface area contributed by atoms with Crippen LogP contribution in [0.5, 0.6) is 5.75 Å². The average molecular weight is 390 g/mol.